The zero-order valence-electron chi connectivity index (χ0n) is 60.9. The molecule has 0 aliphatic rings. The molecule has 0 aromatic carbocycles. The SMILES string of the molecule is CCC(C)CCCCCCCCCCCCC(=O)OC[C@H](COP(=O)(O)OC[C@@H](O)COP(=O)(O)OC[C@@H](COC(=O)CCCCCCCCCCC(C)CC)OC(=O)CCCCCCCCCCCCC(C)C)OC(=O)CCCCCCCCCCCCC(C)CC. The highest BCUT2D eigenvalue weighted by Crippen LogP contribution is 2.45. The van der Waals surface area contributed by atoms with Crippen LogP contribution in [0, 0.1) is 23.7 Å². The highest BCUT2D eigenvalue weighted by molar-refractivity contribution is 7.47. The highest BCUT2D eigenvalue weighted by Gasteiger charge is 2.30. The number of hydrogen-bond donors (Lipinski definition) is 3. The minimum Gasteiger partial charge on any atom is -0.462 e. The molecule has 552 valence electrons. The van der Waals surface area contributed by atoms with E-state index in [1.165, 1.54) is 173 Å². The molecule has 93 heavy (non-hydrogen) atoms. The van der Waals surface area contributed by atoms with Crippen LogP contribution in [0.4, 0.5) is 0 Å². The van der Waals surface area contributed by atoms with Crippen molar-refractivity contribution < 1.29 is 80.2 Å². The van der Waals surface area contributed by atoms with Crippen molar-refractivity contribution in [3.05, 3.63) is 0 Å². The number of phosphoric ester groups is 2. The lowest BCUT2D eigenvalue weighted by molar-refractivity contribution is -0.161. The lowest BCUT2D eigenvalue weighted by Gasteiger charge is -2.21. The van der Waals surface area contributed by atoms with E-state index in [0.29, 0.717) is 25.7 Å². The number of rotatable bonds is 71. The maximum absolute atomic E-state index is 13.1. The highest BCUT2D eigenvalue weighted by atomic mass is 31.2. The summed E-state index contributed by atoms with van der Waals surface area (Å²) in [4.78, 5) is 72.8. The monoisotopic (exact) mass is 1370 g/mol. The fraction of sp³-hybridized carbons (Fsp3) is 0.946. The first kappa shape index (κ1) is 91.1. The van der Waals surface area contributed by atoms with Crippen molar-refractivity contribution >= 4 is 39.5 Å². The van der Waals surface area contributed by atoms with Crippen LogP contribution in [0.1, 0.15) is 370 Å². The summed E-state index contributed by atoms with van der Waals surface area (Å²) in [6.07, 6.45) is 46.9. The van der Waals surface area contributed by atoms with Gasteiger partial charge in [0.05, 0.1) is 26.4 Å². The Morgan fingerprint density at radius 2 is 0.516 bits per heavy atom. The predicted molar refractivity (Wildman–Crippen MR) is 377 cm³/mol. The molecule has 0 rings (SSSR count). The molecule has 0 fully saturated rings. The van der Waals surface area contributed by atoms with Crippen LogP contribution in [0.5, 0.6) is 0 Å². The normalized spacial score (nSPS) is 15.1. The summed E-state index contributed by atoms with van der Waals surface area (Å²) in [5, 5.41) is 10.6. The number of aliphatic hydroxyl groups excluding tert-OH is 1. The minimum absolute atomic E-state index is 0.105. The van der Waals surface area contributed by atoms with E-state index in [9.17, 15) is 43.2 Å². The molecular formula is C74H144O17P2. The van der Waals surface area contributed by atoms with E-state index in [1.807, 2.05) is 0 Å². The number of esters is 4. The number of ether oxygens (including phenoxy) is 4. The molecule has 0 heterocycles. The minimum atomic E-state index is -4.96. The van der Waals surface area contributed by atoms with E-state index >= 15 is 0 Å². The standard InChI is InChI=1S/C74H144O17P2/c1-9-65(6)51-43-35-27-19-13-16-21-30-38-46-54-71(76)84-60-69(90-74(79)57-49-41-33-23-17-14-20-28-36-44-52-66(7)10-2)62-88-92(80,81)86-58-68(75)59-87-93(82,83)89-63-70(61-85-72(77)55-47-39-31-25-24-29-37-45-53-67(8)11-3)91-73(78)56-48-40-32-22-15-12-18-26-34-42-50-64(4)5/h64-70,75H,9-63H2,1-8H3,(H,80,81)(H,82,83)/t65?,66?,67?,68-,69-,70-/m1/s1. The third-order valence-electron chi connectivity index (χ3n) is 18.2. The molecule has 0 radical (unpaired) electrons. The molecule has 3 N–H and O–H groups in total. The molecule has 0 spiro atoms. The number of hydrogen-bond acceptors (Lipinski definition) is 15. The lowest BCUT2D eigenvalue weighted by atomic mass is 9.99. The summed E-state index contributed by atoms with van der Waals surface area (Å²) in [5.74, 6) is 1.02. The van der Waals surface area contributed by atoms with Crippen LogP contribution in [0.2, 0.25) is 0 Å². The van der Waals surface area contributed by atoms with Crippen LogP contribution in [0.3, 0.4) is 0 Å². The molecule has 0 aromatic heterocycles. The molecule has 0 aliphatic heterocycles. The third-order valence-corrected chi connectivity index (χ3v) is 20.1. The Morgan fingerprint density at radius 3 is 0.763 bits per heavy atom. The quantitative estimate of drug-likeness (QED) is 0.0222. The molecule has 17 nitrogen and oxygen atoms in total. The fourth-order valence-electron chi connectivity index (χ4n) is 11.1. The average molecular weight is 1370 g/mol. The Hall–Kier alpha value is -1.94. The zero-order valence-corrected chi connectivity index (χ0v) is 62.7. The Kier molecular flexibility index (Phi) is 62.2. The fourth-order valence-corrected chi connectivity index (χ4v) is 12.7. The maximum Gasteiger partial charge on any atom is 0.472 e. The van der Waals surface area contributed by atoms with Gasteiger partial charge in [0.15, 0.2) is 12.2 Å². The van der Waals surface area contributed by atoms with Gasteiger partial charge in [0.2, 0.25) is 0 Å². The number of carbonyl (C=O) groups excluding carboxylic acids is 4. The molecule has 5 unspecified atom stereocenters. The topological polar surface area (TPSA) is 237 Å². The van der Waals surface area contributed by atoms with Gasteiger partial charge in [-0.3, -0.25) is 37.3 Å². The van der Waals surface area contributed by atoms with E-state index in [2.05, 4.69) is 55.4 Å². The molecule has 0 aromatic rings. The van der Waals surface area contributed by atoms with Crippen LogP contribution in [0.15, 0.2) is 0 Å². The molecular weight excluding hydrogens is 1220 g/mol. The Bertz CT molecular complexity index is 1840. The largest absolute Gasteiger partial charge is 0.472 e. The number of aliphatic hydroxyl groups is 1. The summed E-state index contributed by atoms with van der Waals surface area (Å²) in [6.45, 7) is 14.2. The van der Waals surface area contributed by atoms with Crippen LogP contribution in [-0.2, 0) is 65.4 Å². The lowest BCUT2D eigenvalue weighted by Crippen LogP contribution is -2.30. The summed E-state index contributed by atoms with van der Waals surface area (Å²) in [6, 6.07) is 0. The van der Waals surface area contributed by atoms with Crippen molar-refractivity contribution in [2.75, 3.05) is 39.6 Å². The summed E-state index contributed by atoms with van der Waals surface area (Å²) >= 11 is 0. The van der Waals surface area contributed by atoms with Crippen LogP contribution in [0.25, 0.3) is 0 Å². The average Bonchev–Trinajstić information content (AvgIpc) is 3.06. The van der Waals surface area contributed by atoms with Gasteiger partial charge in [-0.25, -0.2) is 9.13 Å². The molecule has 0 amide bonds. The molecule has 0 bridgehead atoms. The van der Waals surface area contributed by atoms with Crippen molar-refractivity contribution in [2.24, 2.45) is 23.7 Å². The van der Waals surface area contributed by atoms with E-state index in [1.54, 1.807) is 0 Å². The van der Waals surface area contributed by atoms with E-state index in [-0.39, 0.29) is 25.7 Å². The van der Waals surface area contributed by atoms with Gasteiger partial charge >= 0.3 is 39.5 Å². The van der Waals surface area contributed by atoms with Crippen molar-refractivity contribution in [3.63, 3.8) is 0 Å². The van der Waals surface area contributed by atoms with Crippen LogP contribution >= 0.6 is 15.6 Å². The summed E-state index contributed by atoms with van der Waals surface area (Å²) in [7, 11) is -9.91. The zero-order chi connectivity index (χ0) is 68.9. The van der Waals surface area contributed by atoms with Crippen LogP contribution < -0.4 is 0 Å². The van der Waals surface area contributed by atoms with E-state index in [4.69, 9.17) is 37.0 Å². The van der Waals surface area contributed by atoms with Crippen molar-refractivity contribution in [1.29, 1.82) is 0 Å². The first-order valence-corrected chi connectivity index (χ1v) is 41.3. The summed E-state index contributed by atoms with van der Waals surface area (Å²) < 4.78 is 68.5. The molecule has 0 saturated heterocycles. The second kappa shape index (κ2) is 63.5. The third kappa shape index (κ3) is 64.5. The van der Waals surface area contributed by atoms with Crippen molar-refractivity contribution in [3.8, 4) is 0 Å². The molecule has 8 atom stereocenters. The van der Waals surface area contributed by atoms with Crippen molar-refractivity contribution in [1.82, 2.24) is 0 Å². The number of carbonyl (C=O) groups is 4. The van der Waals surface area contributed by atoms with Gasteiger partial charge in [-0.2, -0.15) is 0 Å². The Balaban J connectivity index is 5.29. The maximum atomic E-state index is 13.1. The van der Waals surface area contributed by atoms with E-state index < -0.39 is 97.5 Å². The van der Waals surface area contributed by atoms with Gasteiger partial charge in [0.25, 0.3) is 0 Å². The van der Waals surface area contributed by atoms with Gasteiger partial charge in [-0.05, 0) is 49.4 Å². The Labute approximate surface area is 568 Å². The van der Waals surface area contributed by atoms with Gasteiger partial charge in [0, 0.05) is 25.7 Å². The van der Waals surface area contributed by atoms with Gasteiger partial charge in [-0.1, -0.05) is 319 Å². The second-order valence-electron chi connectivity index (χ2n) is 27.9. The van der Waals surface area contributed by atoms with Crippen LogP contribution in [-0.4, -0.2) is 96.7 Å². The predicted octanol–water partition coefficient (Wildman–Crippen LogP) is 21.3. The number of phosphoric acid groups is 2. The molecule has 19 heteroatoms. The van der Waals surface area contributed by atoms with Gasteiger partial charge in [0.1, 0.15) is 19.3 Å². The first-order chi connectivity index (χ1) is 44.7. The van der Waals surface area contributed by atoms with E-state index in [0.717, 1.165) is 114 Å². The molecule has 0 aliphatic carbocycles. The van der Waals surface area contributed by atoms with Gasteiger partial charge < -0.3 is 33.8 Å². The second-order valence-corrected chi connectivity index (χ2v) is 30.8. The Morgan fingerprint density at radius 1 is 0.301 bits per heavy atom. The number of unbranched alkanes of at least 4 members (excludes halogenated alkanes) is 34. The van der Waals surface area contributed by atoms with Gasteiger partial charge in [-0.15, -0.1) is 0 Å². The van der Waals surface area contributed by atoms with Crippen molar-refractivity contribution in [2.45, 2.75) is 388 Å². The smallest absolute Gasteiger partial charge is 0.462 e. The first-order valence-electron chi connectivity index (χ1n) is 38.3. The summed E-state index contributed by atoms with van der Waals surface area (Å²) in [5.41, 5.74) is 0. The molecule has 0 saturated carbocycles.